The number of hydrogen-bond acceptors (Lipinski definition) is 2. The largest absolute Gasteiger partial charge is 0.465 e. The smallest absolute Gasteiger partial charge is 0.413 e. The number of carboxylic acid groups (broad SMARTS) is 1. The first-order chi connectivity index (χ1) is 4.95. The lowest BCUT2D eigenvalue weighted by Gasteiger charge is -2.18. The van der Waals surface area contributed by atoms with Gasteiger partial charge in [0.1, 0.15) is 0 Å². The van der Waals surface area contributed by atoms with E-state index in [1.807, 2.05) is 13.8 Å². The summed E-state index contributed by atoms with van der Waals surface area (Å²) in [7, 11) is 0. The fourth-order valence-electron chi connectivity index (χ4n) is 0.627. The van der Waals surface area contributed by atoms with Crippen molar-refractivity contribution in [2.75, 3.05) is 6.54 Å². The van der Waals surface area contributed by atoms with Crippen molar-refractivity contribution < 1.29 is 9.90 Å². The minimum absolute atomic E-state index is 0.0915. The van der Waals surface area contributed by atoms with Gasteiger partial charge in [0, 0.05) is 6.54 Å². The third-order valence-electron chi connectivity index (χ3n) is 1.04. The topological polar surface area (TPSA) is 66.6 Å². The van der Waals surface area contributed by atoms with Crippen LogP contribution in [0.1, 0.15) is 13.8 Å². The van der Waals surface area contributed by atoms with E-state index in [-0.39, 0.29) is 11.0 Å². The summed E-state index contributed by atoms with van der Waals surface area (Å²) in [5.74, 6) is 0.229. The van der Waals surface area contributed by atoms with Gasteiger partial charge in [0.25, 0.3) is 0 Å². The highest BCUT2D eigenvalue weighted by atomic mass is 32.1. The summed E-state index contributed by atoms with van der Waals surface area (Å²) in [4.78, 5) is 11.4. The minimum Gasteiger partial charge on any atom is -0.465 e. The maximum Gasteiger partial charge on any atom is 0.413 e. The molecule has 0 unspecified atom stereocenters. The molecule has 0 heterocycles. The Morgan fingerprint density at radius 1 is 1.73 bits per heavy atom. The Hall–Kier alpha value is -0.840. The monoisotopic (exact) mass is 176 g/mol. The SMILES string of the molecule is CC(C)CN(C(=O)O)C(N)=S. The molecule has 0 atom stereocenters. The molecule has 0 radical (unpaired) electrons. The van der Waals surface area contributed by atoms with E-state index < -0.39 is 6.09 Å². The highest BCUT2D eigenvalue weighted by Crippen LogP contribution is 1.98. The molecule has 0 aliphatic rings. The summed E-state index contributed by atoms with van der Waals surface area (Å²) in [6.45, 7) is 4.15. The van der Waals surface area contributed by atoms with Gasteiger partial charge in [-0.1, -0.05) is 13.8 Å². The van der Waals surface area contributed by atoms with Crippen LogP contribution in [0, 0.1) is 5.92 Å². The summed E-state index contributed by atoms with van der Waals surface area (Å²) in [5, 5.41) is 8.46. The molecule has 0 aromatic heterocycles. The van der Waals surface area contributed by atoms with E-state index in [0.717, 1.165) is 4.90 Å². The molecule has 1 amide bonds. The van der Waals surface area contributed by atoms with Gasteiger partial charge in [-0.2, -0.15) is 0 Å². The molecule has 0 saturated carbocycles. The Bertz CT molecular complexity index is 156. The number of rotatable bonds is 2. The molecule has 11 heavy (non-hydrogen) atoms. The molecule has 0 fully saturated rings. The molecule has 4 nitrogen and oxygen atoms in total. The summed E-state index contributed by atoms with van der Waals surface area (Å²) >= 11 is 4.53. The second kappa shape index (κ2) is 4.12. The average Bonchev–Trinajstić information content (AvgIpc) is 1.81. The standard InChI is InChI=1S/C6H12N2O2S/c1-4(2)3-8(5(7)11)6(9)10/h4H,3H2,1-2H3,(H2,7,11)(H,9,10). The van der Waals surface area contributed by atoms with Crippen LogP contribution >= 0.6 is 12.2 Å². The van der Waals surface area contributed by atoms with Gasteiger partial charge in [0.15, 0.2) is 5.11 Å². The van der Waals surface area contributed by atoms with Crippen molar-refractivity contribution in [3.05, 3.63) is 0 Å². The summed E-state index contributed by atoms with van der Waals surface area (Å²) in [6.07, 6.45) is -1.09. The maximum atomic E-state index is 10.4. The van der Waals surface area contributed by atoms with E-state index in [1.165, 1.54) is 0 Å². The first-order valence-corrected chi connectivity index (χ1v) is 3.66. The third-order valence-corrected chi connectivity index (χ3v) is 1.27. The van der Waals surface area contributed by atoms with Crippen molar-refractivity contribution in [1.29, 1.82) is 0 Å². The molecule has 0 bridgehead atoms. The zero-order chi connectivity index (χ0) is 9.02. The lowest BCUT2D eigenvalue weighted by Crippen LogP contribution is -2.41. The van der Waals surface area contributed by atoms with Crippen LogP contribution in [0.2, 0.25) is 0 Å². The van der Waals surface area contributed by atoms with E-state index >= 15 is 0 Å². The van der Waals surface area contributed by atoms with Crippen LogP contribution in [0.25, 0.3) is 0 Å². The summed E-state index contributed by atoms with van der Waals surface area (Å²) < 4.78 is 0. The van der Waals surface area contributed by atoms with E-state index in [9.17, 15) is 4.79 Å². The van der Waals surface area contributed by atoms with Gasteiger partial charge in [-0.3, -0.25) is 4.90 Å². The average molecular weight is 176 g/mol. The van der Waals surface area contributed by atoms with Crippen molar-refractivity contribution in [3.8, 4) is 0 Å². The normalized spacial score (nSPS) is 9.73. The number of carbonyl (C=O) groups is 1. The molecular weight excluding hydrogens is 164 g/mol. The molecule has 0 aromatic carbocycles. The molecule has 0 aliphatic heterocycles. The molecular formula is C6H12N2O2S. The number of amides is 1. The van der Waals surface area contributed by atoms with Gasteiger partial charge >= 0.3 is 6.09 Å². The summed E-state index contributed by atoms with van der Waals surface area (Å²) in [6, 6.07) is 0. The maximum absolute atomic E-state index is 10.4. The van der Waals surface area contributed by atoms with Gasteiger partial charge in [0.05, 0.1) is 0 Å². The van der Waals surface area contributed by atoms with Gasteiger partial charge in [-0.15, -0.1) is 0 Å². The van der Waals surface area contributed by atoms with Gasteiger partial charge in [-0.05, 0) is 18.1 Å². The molecule has 3 N–H and O–H groups in total. The van der Waals surface area contributed by atoms with Crippen molar-refractivity contribution in [1.82, 2.24) is 4.90 Å². The fourth-order valence-corrected chi connectivity index (χ4v) is 0.780. The quantitative estimate of drug-likeness (QED) is 0.612. The predicted molar refractivity (Wildman–Crippen MR) is 46.4 cm³/mol. The van der Waals surface area contributed by atoms with Crippen molar-refractivity contribution in [2.45, 2.75) is 13.8 Å². The Morgan fingerprint density at radius 2 is 2.18 bits per heavy atom. The molecule has 0 saturated heterocycles. The Kier molecular flexibility index (Phi) is 3.81. The zero-order valence-electron chi connectivity index (χ0n) is 6.57. The minimum atomic E-state index is -1.09. The molecule has 0 aromatic rings. The van der Waals surface area contributed by atoms with Crippen LogP contribution in [-0.4, -0.2) is 27.8 Å². The van der Waals surface area contributed by atoms with Crippen LogP contribution in [0.3, 0.4) is 0 Å². The van der Waals surface area contributed by atoms with Crippen molar-refractivity contribution in [3.63, 3.8) is 0 Å². The van der Waals surface area contributed by atoms with Crippen LogP contribution in [0.15, 0.2) is 0 Å². The Morgan fingerprint density at radius 3 is 2.27 bits per heavy atom. The van der Waals surface area contributed by atoms with Crippen LogP contribution in [-0.2, 0) is 0 Å². The second-order valence-electron chi connectivity index (χ2n) is 2.63. The Labute approximate surface area is 71.0 Å². The fraction of sp³-hybridized carbons (Fsp3) is 0.667. The number of nitrogens with two attached hydrogens (primary N) is 1. The van der Waals surface area contributed by atoms with Gasteiger partial charge < -0.3 is 10.8 Å². The second-order valence-corrected chi connectivity index (χ2v) is 3.04. The first kappa shape index (κ1) is 10.2. The highest BCUT2D eigenvalue weighted by molar-refractivity contribution is 7.80. The van der Waals surface area contributed by atoms with Gasteiger partial charge in [0.2, 0.25) is 0 Å². The van der Waals surface area contributed by atoms with Crippen LogP contribution in [0.4, 0.5) is 4.79 Å². The molecule has 0 spiro atoms. The van der Waals surface area contributed by atoms with E-state index in [4.69, 9.17) is 10.8 Å². The third kappa shape index (κ3) is 3.77. The molecule has 0 rings (SSSR count). The number of hydrogen-bond donors (Lipinski definition) is 2. The van der Waals surface area contributed by atoms with Crippen molar-refractivity contribution >= 4 is 23.4 Å². The lowest BCUT2D eigenvalue weighted by molar-refractivity contribution is 0.166. The van der Waals surface area contributed by atoms with Crippen molar-refractivity contribution in [2.24, 2.45) is 11.7 Å². The summed E-state index contributed by atoms with van der Waals surface area (Å²) in [5.41, 5.74) is 5.16. The predicted octanol–water partition coefficient (Wildman–Crippen LogP) is 0.866. The van der Waals surface area contributed by atoms with E-state index in [2.05, 4.69) is 12.2 Å². The van der Waals surface area contributed by atoms with Gasteiger partial charge in [-0.25, -0.2) is 4.79 Å². The Balaban J connectivity index is 4.12. The van der Waals surface area contributed by atoms with Crippen LogP contribution in [0.5, 0.6) is 0 Å². The number of nitrogens with zero attached hydrogens (tertiary/aromatic N) is 1. The van der Waals surface area contributed by atoms with Crippen LogP contribution < -0.4 is 5.73 Å². The molecule has 5 heteroatoms. The first-order valence-electron chi connectivity index (χ1n) is 3.25. The zero-order valence-corrected chi connectivity index (χ0v) is 7.39. The lowest BCUT2D eigenvalue weighted by atomic mass is 10.2. The van der Waals surface area contributed by atoms with E-state index in [1.54, 1.807) is 0 Å². The molecule has 0 aliphatic carbocycles. The van der Waals surface area contributed by atoms with E-state index in [0.29, 0.717) is 6.54 Å². The molecule has 64 valence electrons. The number of thiocarbonyl (C=S) groups is 1. The highest BCUT2D eigenvalue weighted by Gasteiger charge is 2.15.